The standard InChI is InChI=1S/C20H22N2OS/c1-15(22-20(23)21-11-10-19-7-4-12-24-19)13-16-8-9-17-5-2-3-6-18(17)14-16/h2-9,12,14-15H,10-11,13H2,1H3,(H2,21,22,23). The molecule has 3 rings (SSSR count). The van der Waals surface area contributed by atoms with Gasteiger partial charge < -0.3 is 10.6 Å². The number of rotatable bonds is 6. The van der Waals surface area contributed by atoms with Crippen LogP contribution >= 0.6 is 11.3 Å². The summed E-state index contributed by atoms with van der Waals surface area (Å²) in [4.78, 5) is 13.3. The molecule has 3 nitrogen and oxygen atoms in total. The normalized spacial score (nSPS) is 12.0. The summed E-state index contributed by atoms with van der Waals surface area (Å²) in [5, 5.41) is 10.5. The number of hydrogen-bond acceptors (Lipinski definition) is 2. The van der Waals surface area contributed by atoms with Gasteiger partial charge in [-0.25, -0.2) is 4.79 Å². The topological polar surface area (TPSA) is 41.1 Å². The fourth-order valence-electron chi connectivity index (χ4n) is 2.80. The van der Waals surface area contributed by atoms with Gasteiger partial charge in [-0.15, -0.1) is 11.3 Å². The van der Waals surface area contributed by atoms with Crippen LogP contribution in [0.15, 0.2) is 60.0 Å². The average Bonchev–Trinajstić information content (AvgIpc) is 3.08. The second-order valence-corrected chi connectivity index (χ2v) is 7.05. The average molecular weight is 338 g/mol. The maximum atomic E-state index is 12.0. The molecular weight excluding hydrogens is 316 g/mol. The Morgan fingerprint density at radius 3 is 2.71 bits per heavy atom. The number of fused-ring (bicyclic) bond motifs is 1. The highest BCUT2D eigenvalue weighted by Gasteiger charge is 2.08. The van der Waals surface area contributed by atoms with Crippen molar-refractivity contribution in [3.8, 4) is 0 Å². The first-order chi connectivity index (χ1) is 11.7. The minimum Gasteiger partial charge on any atom is -0.338 e. The first kappa shape index (κ1) is 16.5. The van der Waals surface area contributed by atoms with Gasteiger partial charge in [0.05, 0.1) is 0 Å². The van der Waals surface area contributed by atoms with E-state index in [4.69, 9.17) is 0 Å². The van der Waals surface area contributed by atoms with Gasteiger partial charge in [-0.2, -0.15) is 0 Å². The number of amides is 2. The van der Waals surface area contributed by atoms with Crippen LogP contribution in [0.5, 0.6) is 0 Å². The smallest absolute Gasteiger partial charge is 0.315 e. The summed E-state index contributed by atoms with van der Waals surface area (Å²) in [7, 11) is 0. The summed E-state index contributed by atoms with van der Waals surface area (Å²) in [5.74, 6) is 0. The molecule has 0 aliphatic heterocycles. The minimum atomic E-state index is -0.0974. The van der Waals surface area contributed by atoms with Crippen molar-refractivity contribution in [2.24, 2.45) is 0 Å². The Bertz CT molecular complexity index is 798. The third-order valence-corrected chi connectivity index (χ3v) is 4.91. The Balaban J connectivity index is 1.47. The number of thiophene rings is 1. The van der Waals surface area contributed by atoms with E-state index in [-0.39, 0.29) is 12.1 Å². The second kappa shape index (κ2) is 7.97. The molecule has 0 aliphatic carbocycles. The predicted molar refractivity (Wildman–Crippen MR) is 102 cm³/mol. The molecule has 0 saturated carbocycles. The maximum Gasteiger partial charge on any atom is 0.315 e. The summed E-state index contributed by atoms with van der Waals surface area (Å²) in [6, 6.07) is 18.9. The van der Waals surface area contributed by atoms with Gasteiger partial charge >= 0.3 is 6.03 Å². The van der Waals surface area contributed by atoms with Crippen molar-refractivity contribution in [3.63, 3.8) is 0 Å². The van der Waals surface area contributed by atoms with Gasteiger partial charge in [-0.05, 0) is 47.5 Å². The summed E-state index contributed by atoms with van der Waals surface area (Å²) < 4.78 is 0. The Labute approximate surface area is 146 Å². The Morgan fingerprint density at radius 2 is 1.92 bits per heavy atom. The molecule has 124 valence electrons. The van der Waals surface area contributed by atoms with E-state index >= 15 is 0 Å². The van der Waals surface area contributed by atoms with Crippen molar-refractivity contribution >= 4 is 28.1 Å². The lowest BCUT2D eigenvalue weighted by Crippen LogP contribution is -2.42. The highest BCUT2D eigenvalue weighted by atomic mass is 32.1. The zero-order valence-corrected chi connectivity index (χ0v) is 14.6. The molecule has 2 aromatic carbocycles. The zero-order valence-electron chi connectivity index (χ0n) is 13.8. The monoisotopic (exact) mass is 338 g/mol. The van der Waals surface area contributed by atoms with Crippen LogP contribution in [-0.2, 0) is 12.8 Å². The van der Waals surface area contributed by atoms with E-state index in [9.17, 15) is 4.79 Å². The fourth-order valence-corrected chi connectivity index (χ4v) is 3.51. The van der Waals surface area contributed by atoms with Gasteiger partial charge in [-0.3, -0.25) is 0 Å². The molecule has 0 spiro atoms. The molecule has 3 aromatic rings. The molecule has 4 heteroatoms. The van der Waals surface area contributed by atoms with Gasteiger partial charge in [0.1, 0.15) is 0 Å². The summed E-state index contributed by atoms with van der Waals surface area (Å²) >= 11 is 1.72. The summed E-state index contributed by atoms with van der Waals surface area (Å²) in [6.45, 7) is 2.70. The number of benzene rings is 2. The van der Waals surface area contributed by atoms with Crippen molar-refractivity contribution in [3.05, 3.63) is 70.4 Å². The first-order valence-electron chi connectivity index (χ1n) is 8.25. The van der Waals surface area contributed by atoms with Crippen LogP contribution in [0.2, 0.25) is 0 Å². The van der Waals surface area contributed by atoms with Crippen LogP contribution < -0.4 is 10.6 Å². The van der Waals surface area contributed by atoms with Crippen LogP contribution in [0.3, 0.4) is 0 Å². The van der Waals surface area contributed by atoms with Crippen LogP contribution in [0, 0.1) is 0 Å². The van der Waals surface area contributed by atoms with E-state index in [2.05, 4.69) is 58.5 Å². The van der Waals surface area contributed by atoms with Crippen LogP contribution in [-0.4, -0.2) is 18.6 Å². The van der Waals surface area contributed by atoms with E-state index in [1.165, 1.54) is 21.2 Å². The summed E-state index contributed by atoms with van der Waals surface area (Å²) in [6.07, 6.45) is 1.70. The first-order valence-corrected chi connectivity index (χ1v) is 9.13. The Hall–Kier alpha value is -2.33. The number of carbonyl (C=O) groups excluding carboxylic acids is 1. The highest BCUT2D eigenvalue weighted by Crippen LogP contribution is 2.16. The quantitative estimate of drug-likeness (QED) is 0.688. The van der Waals surface area contributed by atoms with Gasteiger partial charge in [-0.1, -0.05) is 48.5 Å². The van der Waals surface area contributed by atoms with Crippen molar-refractivity contribution in [2.45, 2.75) is 25.8 Å². The second-order valence-electron chi connectivity index (χ2n) is 6.02. The lowest BCUT2D eigenvalue weighted by atomic mass is 10.0. The number of hydrogen-bond donors (Lipinski definition) is 2. The molecular formula is C20H22N2OS. The van der Waals surface area contributed by atoms with Gasteiger partial charge in [0.25, 0.3) is 0 Å². The molecule has 1 atom stereocenters. The molecule has 0 aliphatic rings. The van der Waals surface area contributed by atoms with Gasteiger partial charge in [0.15, 0.2) is 0 Å². The lowest BCUT2D eigenvalue weighted by Gasteiger charge is -2.15. The number of nitrogens with one attached hydrogen (secondary N) is 2. The van der Waals surface area contributed by atoms with Crippen LogP contribution in [0.1, 0.15) is 17.4 Å². The molecule has 2 amide bonds. The van der Waals surface area contributed by atoms with Crippen LogP contribution in [0.4, 0.5) is 4.79 Å². The number of carbonyl (C=O) groups is 1. The molecule has 1 heterocycles. The van der Waals surface area contributed by atoms with Gasteiger partial charge in [0, 0.05) is 17.5 Å². The Kier molecular flexibility index (Phi) is 5.49. The predicted octanol–water partition coefficient (Wildman–Crippen LogP) is 4.37. The Morgan fingerprint density at radius 1 is 1.08 bits per heavy atom. The molecule has 2 N–H and O–H groups in total. The highest BCUT2D eigenvalue weighted by molar-refractivity contribution is 7.09. The third kappa shape index (κ3) is 4.59. The van der Waals surface area contributed by atoms with Gasteiger partial charge in [0.2, 0.25) is 0 Å². The van der Waals surface area contributed by atoms with Crippen molar-refractivity contribution in [1.82, 2.24) is 10.6 Å². The van der Waals surface area contributed by atoms with E-state index in [1.54, 1.807) is 11.3 Å². The third-order valence-electron chi connectivity index (χ3n) is 3.97. The van der Waals surface area contributed by atoms with Crippen LogP contribution in [0.25, 0.3) is 10.8 Å². The maximum absolute atomic E-state index is 12.0. The van der Waals surface area contributed by atoms with E-state index in [0.29, 0.717) is 6.54 Å². The lowest BCUT2D eigenvalue weighted by molar-refractivity contribution is 0.238. The molecule has 24 heavy (non-hydrogen) atoms. The van der Waals surface area contributed by atoms with Crippen molar-refractivity contribution < 1.29 is 4.79 Å². The van der Waals surface area contributed by atoms with E-state index < -0.39 is 0 Å². The SMILES string of the molecule is CC(Cc1ccc2ccccc2c1)NC(=O)NCCc1cccs1. The zero-order chi connectivity index (χ0) is 16.8. The molecule has 0 radical (unpaired) electrons. The molecule has 0 saturated heterocycles. The van der Waals surface area contributed by atoms with E-state index in [0.717, 1.165) is 12.8 Å². The largest absolute Gasteiger partial charge is 0.338 e. The molecule has 0 bridgehead atoms. The molecule has 0 fully saturated rings. The number of urea groups is 1. The molecule has 1 aromatic heterocycles. The summed E-state index contributed by atoms with van der Waals surface area (Å²) in [5.41, 5.74) is 1.24. The minimum absolute atomic E-state index is 0.0906. The van der Waals surface area contributed by atoms with E-state index in [1.807, 2.05) is 19.1 Å². The van der Waals surface area contributed by atoms with Crippen molar-refractivity contribution in [1.29, 1.82) is 0 Å². The fraction of sp³-hybridized carbons (Fsp3) is 0.250. The molecule has 1 unspecified atom stereocenters. The van der Waals surface area contributed by atoms with Crippen molar-refractivity contribution in [2.75, 3.05) is 6.54 Å².